The SMILES string of the molecule is CS(=O)(=O)Nc1ccc(-c2ccc(-c3n[nH]nc3C#N)s2)cc1. The van der Waals surface area contributed by atoms with Crippen LogP contribution in [0.3, 0.4) is 0 Å². The van der Waals surface area contributed by atoms with Gasteiger partial charge in [-0.05, 0) is 29.8 Å². The van der Waals surface area contributed by atoms with Gasteiger partial charge in [-0.2, -0.15) is 15.6 Å². The molecule has 0 saturated carbocycles. The third kappa shape index (κ3) is 3.39. The average molecular weight is 345 g/mol. The van der Waals surface area contributed by atoms with Gasteiger partial charge in [-0.25, -0.2) is 8.42 Å². The third-order valence-electron chi connectivity index (χ3n) is 2.97. The second kappa shape index (κ2) is 5.83. The average Bonchev–Trinajstić information content (AvgIpc) is 3.15. The lowest BCUT2D eigenvalue weighted by atomic mass is 10.2. The summed E-state index contributed by atoms with van der Waals surface area (Å²) in [5, 5.41) is 19.2. The fraction of sp³-hybridized carbons (Fsp3) is 0.0714. The molecule has 0 spiro atoms. The number of H-pyrrole nitrogens is 1. The first-order valence-electron chi connectivity index (χ1n) is 6.45. The summed E-state index contributed by atoms with van der Waals surface area (Å²) in [6.45, 7) is 0. The van der Waals surface area contributed by atoms with Crippen LogP contribution in [-0.2, 0) is 10.0 Å². The van der Waals surface area contributed by atoms with E-state index in [0.29, 0.717) is 11.4 Å². The summed E-state index contributed by atoms with van der Waals surface area (Å²) in [7, 11) is -3.28. The lowest BCUT2D eigenvalue weighted by Crippen LogP contribution is -2.09. The molecule has 1 aromatic carbocycles. The summed E-state index contributed by atoms with van der Waals surface area (Å²) >= 11 is 1.48. The highest BCUT2D eigenvalue weighted by Gasteiger charge is 2.13. The number of aromatic amines is 1. The molecule has 23 heavy (non-hydrogen) atoms. The Bertz CT molecular complexity index is 981. The molecule has 0 radical (unpaired) electrons. The van der Waals surface area contributed by atoms with E-state index in [9.17, 15) is 8.42 Å². The second-order valence-corrected chi connectivity index (χ2v) is 7.58. The van der Waals surface area contributed by atoms with Crippen LogP contribution in [0.15, 0.2) is 36.4 Å². The molecule has 2 heterocycles. The summed E-state index contributed by atoms with van der Waals surface area (Å²) in [6, 6.07) is 12.9. The molecule has 9 heteroatoms. The molecule has 0 bridgehead atoms. The standard InChI is InChI=1S/C14H11N5O2S2/c1-23(20,21)18-10-4-2-9(3-5-10)12-6-7-13(22-12)14-11(8-15)16-19-17-14/h2-7,18H,1H3,(H,16,17,19). The van der Waals surface area contributed by atoms with E-state index >= 15 is 0 Å². The lowest BCUT2D eigenvalue weighted by Gasteiger charge is -2.04. The van der Waals surface area contributed by atoms with Crippen molar-refractivity contribution in [2.24, 2.45) is 0 Å². The molecular formula is C14H11N5O2S2. The normalized spacial score (nSPS) is 11.1. The molecule has 0 saturated heterocycles. The van der Waals surface area contributed by atoms with Gasteiger partial charge in [0.25, 0.3) is 0 Å². The Balaban J connectivity index is 1.88. The Kier molecular flexibility index (Phi) is 3.85. The van der Waals surface area contributed by atoms with Gasteiger partial charge in [0.05, 0.1) is 11.1 Å². The van der Waals surface area contributed by atoms with E-state index in [2.05, 4.69) is 20.1 Å². The maximum absolute atomic E-state index is 11.2. The van der Waals surface area contributed by atoms with E-state index < -0.39 is 10.0 Å². The molecule has 116 valence electrons. The zero-order chi connectivity index (χ0) is 16.4. The van der Waals surface area contributed by atoms with Gasteiger partial charge in [-0.1, -0.05) is 12.1 Å². The van der Waals surface area contributed by atoms with Crippen LogP contribution in [0, 0.1) is 11.3 Å². The van der Waals surface area contributed by atoms with Crippen LogP contribution in [0.5, 0.6) is 0 Å². The number of rotatable bonds is 4. The number of nitrogens with one attached hydrogen (secondary N) is 2. The Hall–Kier alpha value is -2.70. The number of thiophene rings is 1. The molecule has 0 aliphatic heterocycles. The molecule has 0 aliphatic rings. The first-order valence-corrected chi connectivity index (χ1v) is 9.16. The van der Waals surface area contributed by atoms with E-state index in [1.54, 1.807) is 12.1 Å². The number of nitrogens with zero attached hydrogens (tertiary/aromatic N) is 3. The quantitative estimate of drug-likeness (QED) is 0.754. The van der Waals surface area contributed by atoms with E-state index in [0.717, 1.165) is 21.6 Å². The monoisotopic (exact) mass is 345 g/mol. The molecule has 0 amide bonds. The van der Waals surface area contributed by atoms with Crippen LogP contribution in [0.4, 0.5) is 5.69 Å². The Morgan fingerprint density at radius 3 is 2.48 bits per heavy atom. The molecule has 2 aromatic heterocycles. The summed E-state index contributed by atoms with van der Waals surface area (Å²) in [6.07, 6.45) is 1.11. The zero-order valence-corrected chi connectivity index (χ0v) is 13.6. The predicted octanol–water partition coefficient (Wildman–Crippen LogP) is 2.44. The van der Waals surface area contributed by atoms with Gasteiger partial charge < -0.3 is 0 Å². The van der Waals surface area contributed by atoms with Crippen LogP contribution in [0.25, 0.3) is 21.0 Å². The lowest BCUT2D eigenvalue weighted by molar-refractivity contribution is 0.607. The van der Waals surface area contributed by atoms with E-state index in [1.165, 1.54) is 11.3 Å². The van der Waals surface area contributed by atoms with Crippen molar-refractivity contribution in [3.8, 4) is 27.1 Å². The number of hydrogen-bond donors (Lipinski definition) is 2. The highest BCUT2D eigenvalue weighted by Crippen LogP contribution is 2.34. The number of anilines is 1. The molecule has 0 fully saturated rings. The van der Waals surface area contributed by atoms with Crippen LogP contribution in [0.1, 0.15) is 5.69 Å². The van der Waals surface area contributed by atoms with E-state index in [-0.39, 0.29) is 5.69 Å². The minimum absolute atomic E-state index is 0.256. The molecule has 0 atom stereocenters. The fourth-order valence-electron chi connectivity index (χ4n) is 2.02. The van der Waals surface area contributed by atoms with Gasteiger partial charge in [-0.15, -0.1) is 16.4 Å². The Morgan fingerprint density at radius 1 is 1.13 bits per heavy atom. The number of benzene rings is 1. The van der Waals surface area contributed by atoms with Crippen molar-refractivity contribution < 1.29 is 8.42 Å². The molecule has 2 N–H and O–H groups in total. The van der Waals surface area contributed by atoms with Crippen molar-refractivity contribution in [1.82, 2.24) is 15.4 Å². The van der Waals surface area contributed by atoms with Crippen molar-refractivity contribution in [2.45, 2.75) is 0 Å². The Labute approximate surface area is 136 Å². The predicted molar refractivity (Wildman–Crippen MR) is 88.3 cm³/mol. The first-order chi connectivity index (χ1) is 11.0. The Morgan fingerprint density at radius 2 is 1.83 bits per heavy atom. The maximum atomic E-state index is 11.2. The van der Waals surface area contributed by atoms with E-state index in [4.69, 9.17) is 5.26 Å². The topological polar surface area (TPSA) is 112 Å². The highest BCUT2D eigenvalue weighted by molar-refractivity contribution is 7.92. The molecule has 3 rings (SSSR count). The maximum Gasteiger partial charge on any atom is 0.229 e. The van der Waals surface area contributed by atoms with Gasteiger partial charge in [0, 0.05) is 10.6 Å². The van der Waals surface area contributed by atoms with Gasteiger partial charge in [0.2, 0.25) is 10.0 Å². The minimum Gasteiger partial charge on any atom is -0.284 e. The largest absolute Gasteiger partial charge is 0.284 e. The zero-order valence-electron chi connectivity index (χ0n) is 11.9. The smallest absolute Gasteiger partial charge is 0.229 e. The van der Waals surface area contributed by atoms with Gasteiger partial charge in [0.1, 0.15) is 11.8 Å². The van der Waals surface area contributed by atoms with E-state index in [1.807, 2.05) is 30.3 Å². The number of aromatic nitrogens is 3. The fourth-order valence-corrected chi connectivity index (χ4v) is 3.58. The summed E-state index contributed by atoms with van der Waals surface area (Å²) in [5.41, 5.74) is 2.24. The van der Waals surface area contributed by atoms with Crippen molar-refractivity contribution in [3.05, 3.63) is 42.1 Å². The summed E-state index contributed by atoms with van der Waals surface area (Å²) < 4.78 is 24.8. The summed E-state index contributed by atoms with van der Waals surface area (Å²) in [4.78, 5) is 1.82. The van der Waals surface area contributed by atoms with Crippen molar-refractivity contribution in [3.63, 3.8) is 0 Å². The third-order valence-corrected chi connectivity index (χ3v) is 4.71. The summed E-state index contributed by atoms with van der Waals surface area (Å²) in [5.74, 6) is 0. The van der Waals surface area contributed by atoms with Crippen molar-refractivity contribution >= 4 is 27.0 Å². The second-order valence-electron chi connectivity index (χ2n) is 4.75. The van der Waals surface area contributed by atoms with Crippen molar-refractivity contribution in [2.75, 3.05) is 11.0 Å². The molecule has 3 aromatic rings. The van der Waals surface area contributed by atoms with Gasteiger partial charge in [0.15, 0.2) is 5.69 Å². The molecule has 7 nitrogen and oxygen atoms in total. The first kappa shape index (κ1) is 15.2. The highest BCUT2D eigenvalue weighted by atomic mass is 32.2. The minimum atomic E-state index is -3.28. The number of nitriles is 1. The molecule has 0 unspecified atom stereocenters. The van der Waals surface area contributed by atoms with Crippen LogP contribution < -0.4 is 4.72 Å². The number of hydrogen-bond acceptors (Lipinski definition) is 6. The van der Waals surface area contributed by atoms with Crippen LogP contribution in [-0.4, -0.2) is 30.1 Å². The van der Waals surface area contributed by atoms with Crippen LogP contribution >= 0.6 is 11.3 Å². The number of sulfonamides is 1. The molecular weight excluding hydrogens is 334 g/mol. The van der Waals surface area contributed by atoms with Crippen LogP contribution in [0.2, 0.25) is 0 Å². The van der Waals surface area contributed by atoms with Gasteiger partial charge in [-0.3, -0.25) is 4.72 Å². The van der Waals surface area contributed by atoms with Gasteiger partial charge >= 0.3 is 0 Å². The molecule has 0 aliphatic carbocycles. The van der Waals surface area contributed by atoms with Crippen molar-refractivity contribution in [1.29, 1.82) is 5.26 Å².